The number of thioether (sulfide) groups is 1. The van der Waals surface area contributed by atoms with E-state index in [0.29, 0.717) is 5.75 Å². The number of non-ortho nitro benzene ring substituents is 1. The first-order valence-electron chi connectivity index (χ1n) is 9.16. The highest BCUT2D eigenvalue weighted by atomic mass is 32.2. The number of benzene rings is 2. The van der Waals surface area contributed by atoms with Crippen LogP contribution in [0.25, 0.3) is 0 Å². The molecular weight excluding hydrogens is 364 g/mol. The van der Waals surface area contributed by atoms with E-state index in [2.05, 4.69) is 0 Å². The Balaban J connectivity index is 1.68. The first-order chi connectivity index (χ1) is 13.1. The van der Waals surface area contributed by atoms with Crippen LogP contribution in [0.3, 0.4) is 0 Å². The number of nitro groups is 1. The maximum Gasteiger partial charge on any atom is 0.270 e. The van der Waals surface area contributed by atoms with Gasteiger partial charge in [0.05, 0.1) is 20.9 Å². The molecule has 1 fully saturated rings. The monoisotopic (exact) mass is 382 g/mol. The predicted octanol–water partition coefficient (Wildman–Crippen LogP) is 4.77. The highest BCUT2D eigenvalue weighted by Gasteiger charge is 2.53. The molecule has 1 spiro atoms. The van der Waals surface area contributed by atoms with E-state index in [1.165, 1.54) is 18.6 Å². The summed E-state index contributed by atoms with van der Waals surface area (Å²) in [5.41, 5.74) is 0.982. The molecule has 2 aliphatic heterocycles. The van der Waals surface area contributed by atoms with E-state index in [4.69, 9.17) is 4.74 Å². The van der Waals surface area contributed by atoms with E-state index >= 15 is 0 Å². The summed E-state index contributed by atoms with van der Waals surface area (Å²) < 4.78 is 6.17. The van der Waals surface area contributed by atoms with Gasteiger partial charge in [-0.1, -0.05) is 31.4 Å². The number of ether oxygens (including phenoxy) is 1. The van der Waals surface area contributed by atoms with Gasteiger partial charge in [-0.15, -0.1) is 11.8 Å². The molecule has 1 saturated carbocycles. The molecule has 0 aromatic heterocycles. The lowest BCUT2D eigenvalue weighted by molar-refractivity contribution is -0.384. The van der Waals surface area contributed by atoms with Crippen LogP contribution in [0.15, 0.2) is 47.4 Å². The van der Waals surface area contributed by atoms with Gasteiger partial charge in [0.2, 0.25) is 0 Å². The molecule has 7 heteroatoms. The van der Waals surface area contributed by atoms with E-state index in [9.17, 15) is 14.9 Å². The van der Waals surface area contributed by atoms with Crippen molar-refractivity contribution < 1.29 is 14.5 Å². The standard InChI is InChI=1S/C20H18N2O4S/c23-18-14-12-13(22(24)25)8-9-16(14)26-19-20(10-4-1-5-11-20)27-17-7-3-2-6-15(17)21(18)19/h2-3,6-9,12,19H,1,4-5,10-11H2/t19-/m0/s1. The van der Waals surface area contributed by atoms with Crippen LogP contribution in [0.2, 0.25) is 0 Å². The molecular formula is C20H18N2O4S. The third kappa shape index (κ3) is 2.45. The van der Waals surface area contributed by atoms with Gasteiger partial charge in [0.25, 0.3) is 11.6 Å². The minimum absolute atomic E-state index is 0.101. The van der Waals surface area contributed by atoms with Crippen molar-refractivity contribution in [2.75, 3.05) is 4.90 Å². The second kappa shape index (κ2) is 5.99. The summed E-state index contributed by atoms with van der Waals surface area (Å²) in [4.78, 5) is 26.9. The van der Waals surface area contributed by atoms with E-state index in [-0.39, 0.29) is 28.1 Å². The highest BCUT2D eigenvalue weighted by molar-refractivity contribution is 8.01. The normalized spacial score (nSPS) is 22.4. The summed E-state index contributed by atoms with van der Waals surface area (Å²) in [6, 6.07) is 12.1. The van der Waals surface area contributed by atoms with Crippen LogP contribution in [-0.4, -0.2) is 21.8 Å². The topological polar surface area (TPSA) is 72.7 Å². The zero-order valence-electron chi connectivity index (χ0n) is 14.6. The zero-order valence-corrected chi connectivity index (χ0v) is 15.4. The van der Waals surface area contributed by atoms with E-state index in [0.717, 1.165) is 36.3 Å². The second-order valence-electron chi connectivity index (χ2n) is 7.28. The number of nitrogens with zero attached hydrogens (tertiary/aromatic N) is 2. The van der Waals surface area contributed by atoms with E-state index in [1.807, 2.05) is 36.0 Å². The van der Waals surface area contributed by atoms with Crippen LogP contribution in [0, 0.1) is 10.1 Å². The van der Waals surface area contributed by atoms with Crippen molar-refractivity contribution in [2.24, 2.45) is 0 Å². The fourth-order valence-corrected chi connectivity index (χ4v) is 6.00. The molecule has 6 nitrogen and oxygen atoms in total. The average Bonchev–Trinajstić information content (AvgIpc) is 2.69. The van der Waals surface area contributed by atoms with Gasteiger partial charge in [-0.3, -0.25) is 19.8 Å². The number of hydrogen-bond acceptors (Lipinski definition) is 5. The van der Waals surface area contributed by atoms with Crippen molar-refractivity contribution in [3.05, 3.63) is 58.1 Å². The van der Waals surface area contributed by atoms with Crippen molar-refractivity contribution in [1.82, 2.24) is 0 Å². The lowest BCUT2D eigenvalue weighted by Gasteiger charge is -2.52. The zero-order chi connectivity index (χ0) is 18.6. The molecule has 0 bridgehead atoms. The number of rotatable bonds is 1. The lowest BCUT2D eigenvalue weighted by atomic mass is 9.85. The van der Waals surface area contributed by atoms with Crippen LogP contribution in [0.5, 0.6) is 5.75 Å². The third-order valence-corrected chi connectivity index (χ3v) is 7.27. The molecule has 0 radical (unpaired) electrons. The Morgan fingerprint density at radius 3 is 2.70 bits per heavy atom. The number of amides is 1. The number of hydrogen-bond donors (Lipinski definition) is 0. The summed E-state index contributed by atoms with van der Waals surface area (Å²) in [7, 11) is 0. The number of nitro benzene ring substituents is 1. The van der Waals surface area contributed by atoms with E-state index < -0.39 is 4.92 Å². The van der Waals surface area contributed by atoms with Gasteiger partial charge in [-0.05, 0) is 31.0 Å². The number of para-hydroxylation sites is 1. The fourth-order valence-electron chi connectivity index (χ4n) is 4.40. The molecule has 1 atom stereocenters. The molecule has 0 saturated heterocycles. The van der Waals surface area contributed by atoms with Gasteiger partial charge >= 0.3 is 0 Å². The van der Waals surface area contributed by atoms with Crippen LogP contribution >= 0.6 is 11.8 Å². The van der Waals surface area contributed by atoms with Crippen molar-refractivity contribution in [3.8, 4) is 5.75 Å². The number of fused-ring (bicyclic) bond motifs is 5. The minimum Gasteiger partial charge on any atom is -0.468 e. The molecule has 2 aromatic rings. The van der Waals surface area contributed by atoms with Crippen molar-refractivity contribution in [1.29, 1.82) is 0 Å². The molecule has 0 N–H and O–H groups in total. The first-order valence-corrected chi connectivity index (χ1v) is 9.97. The van der Waals surface area contributed by atoms with E-state index in [1.54, 1.807) is 11.0 Å². The fraction of sp³-hybridized carbons (Fsp3) is 0.350. The van der Waals surface area contributed by atoms with Gasteiger partial charge in [0, 0.05) is 17.0 Å². The van der Waals surface area contributed by atoms with Crippen molar-refractivity contribution in [2.45, 2.75) is 48.0 Å². The summed E-state index contributed by atoms with van der Waals surface area (Å²) >= 11 is 1.82. The van der Waals surface area contributed by atoms with Gasteiger partial charge in [-0.2, -0.15) is 0 Å². The van der Waals surface area contributed by atoms with Crippen LogP contribution in [0.1, 0.15) is 42.5 Å². The maximum atomic E-state index is 13.4. The van der Waals surface area contributed by atoms with Crippen LogP contribution < -0.4 is 9.64 Å². The summed E-state index contributed by atoms with van der Waals surface area (Å²) in [6.45, 7) is 0. The lowest BCUT2D eigenvalue weighted by Crippen LogP contribution is -2.61. The number of anilines is 1. The van der Waals surface area contributed by atoms with Gasteiger partial charge in [0.15, 0.2) is 6.23 Å². The average molecular weight is 382 g/mol. The Kier molecular flexibility index (Phi) is 3.69. The van der Waals surface area contributed by atoms with Gasteiger partial charge < -0.3 is 4.74 Å². The summed E-state index contributed by atoms with van der Waals surface area (Å²) in [5.74, 6) is 0.222. The summed E-state index contributed by atoms with van der Waals surface area (Å²) in [6.07, 6.45) is 5.02. The SMILES string of the molecule is O=C1c2cc([N+](=O)[O-])ccc2O[C@@H]2N1c1ccccc1SC21CCCCC1. The second-order valence-corrected chi connectivity index (χ2v) is 8.74. The Bertz CT molecular complexity index is 955. The molecule has 27 heavy (non-hydrogen) atoms. The largest absolute Gasteiger partial charge is 0.468 e. The first kappa shape index (κ1) is 16.6. The number of carbonyl (C=O) groups is 1. The quantitative estimate of drug-likeness (QED) is 0.525. The molecule has 2 aromatic carbocycles. The maximum absolute atomic E-state index is 13.4. The molecule has 138 valence electrons. The third-order valence-electron chi connectivity index (χ3n) is 5.68. The molecule has 5 rings (SSSR count). The Hall–Kier alpha value is -2.54. The van der Waals surface area contributed by atoms with Crippen LogP contribution in [0.4, 0.5) is 11.4 Å². The molecule has 1 amide bonds. The summed E-state index contributed by atoms with van der Waals surface area (Å²) in [5, 5.41) is 11.2. The number of carbonyl (C=O) groups excluding carboxylic acids is 1. The Morgan fingerprint density at radius 2 is 1.93 bits per heavy atom. The molecule has 2 heterocycles. The van der Waals surface area contributed by atoms with Crippen LogP contribution in [-0.2, 0) is 0 Å². The molecule has 0 unspecified atom stereocenters. The van der Waals surface area contributed by atoms with Crippen molar-refractivity contribution in [3.63, 3.8) is 0 Å². The smallest absolute Gasteiger partial charge is 0.270 e. The minimum atomic E-state index is -0.484. The van der Waals surface area contributed by atoms with Gasteiger partial charge in [-0.25, -0.2) is 0 Å². The molecule has 3 aliphatic rings. The Morgan fingerprint density at radius 1 is 1.15 bits per heavy atom. The van der Waals surface area contributed by atoms with Gasteiger partial charge in [0.1, 0.15) is 5.75 Å². The van der Waals surface area contributed by atoms with Crippen molar-refractivity contribution >= 4 is 29.0 Å². The molecule has 1 aliphatic carbocycles. The highest BCUT2D eigenvalue weighted by Crippen LogP contribution is 2.56. The predicted molar refractivity (Wildman–Crippen MR) is 102 cm³/mol. The Labute approximate surface area is 160 Å².